The van der Waals surface area contributed by atoms with E-state index in [-0.39, 0.29) is 11.7 Å². The van der Waals surface area contributed by atoms with Crippen molar-refractivity contribution in [3.8, 4) is 0 Å². The molecule has 2 nitrogen and oxygen atoms in total. The highest BCUT2D eigenvalue weighted by atomic mass is 79.9. The van der Waals surface area contributed by atoms with Crippen LogP contribution in [0.15, 0.2) is 40.9 Å². The van der Waals surface area contributed by atoms with Crippen LogP contribution in [-0.2, 0) is 6.42 Å². The Balaban J connectivity index is 1.84. The lowest BCUT2D eigenvalue weighted by Crippen LogP contribution is -2.12. The minimum absolute atomic E-state index is 0.262. The van der Waals surface area contributed by atoms with E-state index in [2.05, 4.69) is 50.2 Å². The molecule has 0 saturated carbocycles. The van der Waals surface area contributed by atoms with E-state index < -0.39 is 0 Å². The topological polar surface area (TPSA) is 28.7 Å². The van der Waals surface area contributed by atoms with E-state index in [1.165, 1.54) is 17.2 Å². The number of rotatable bonds is 1. The Kier molecular flexibility index (Phi) is 3.07. The van der Waals surface area contributed by atoms with Gasteiger partial charge in [-0.15, -0.1) is 0 Å². The van der Waals surface area contributed by atoms with E-state index in [4.69, 9.17) is 0 Å². The smallest absolute Gasteiger partial charge is 0.139 e. The fraction of sp³-hybridized carbons (Fsp3) is 0.235. The summed E-state index contributed by atoms with van der Waals surface area (Å²) in [6.07, 6.45) is 3.38. The quantitative estimate of drug-likeness (QED) is 0.665. The Morgan fingerprint density at radius 1 is 1.24 bits per heavy atom. The summed E-state index contributed by atoms with van der Waals surface area (Å²) in [4.78, 5) is 7.99. The highest BCUT2D eigenvalue weighted by Crippen LogP contribution is 2.36. The first-order chi connectivity index (χ1) is 10.2. The Bertz CT molecular complexity index is 786. The second-order valence-corrected chi connectivity index (χ2v) is 6.40. The Labute approximate surface area is 130 Å². The van der Waals surface area contributed by atoms with E-state index in [9.17, 15) is 4.39 Å². The van der Waals surface area contributed by atoms with E-state index in [1.807, 2.05) is 0 Å². The zero-order valence-corrected chi connectivity index (χ0v) is 13.0. The number of aromatic nitrogens is 2. The van der Waals surface area contributed by atoms with Gasteiger partial charge in [-0.3, -0.25) is 0 Å². The highest BCUT2D eigenvalue weighted by molar-refractivity contribution is 9.10. The third-order valence-corrected chi connectivity index (χ3v) is 4.85. The molecule has 0 amide bonds. The molecule has 0 bridgehead atoms. The minimum Gasteiger partial charge on any atom is -0.341 e. The van der Waals surface area contributed by atoms with E-state index in [0.717, 1.165) is 36.1 Å². The van der Waals surface area contributed by atoms with Gasteiger partial charge in [0, 0.05) is 12.0 Å². The minimum atomic E-state index is -0.262. The number of imidazole rings is 1. The van der Waals surface area contributed by atoms with Crippen molar-refractivity contribution >= 4 is 27.0 Å². The normalized spacial score (nSPS) is 17.9. The van der Waals surface area contributed by atoms with Crippen molar-refractivity contribution in [3.05, 3.63) is 63.6 Å². The predicted octanol–water partition coefficient (Wildman–Crippen LogP) is 4.93. The molecule has 1 heterocycles. The van der Waals surface area contributed by atoms with E-state index in [1.54, 1.807) is 6.07 Å². The molecule has 106 valence electrons. The molecule has 4 heteroatoms. The van der Waals surface area contributed by atoms with E-state index in [0.29, 0.717) is 4.47 Å². The lowest BCUT2D eigenvalue weighted by molar-refractivity contribution is 0.596. The van der Waals surface area contributed by atoms with Crippen LogP contribution in [0.25, 0.3) is 11.0 Å². The standard InChI is InChI=1S/C17H14BrFN2/c18-13-8-15-16(9-14(13)19)21-17(20-15)12-7-3-5-10-4-1-2-6-11(10)12/h1-2,4,6,8-9,12H,3,5,7H2,(H,20,21). The van der Waals surface area contributed by atoms with Crippen molar-refractivity contribution in [2.45, 2.75) is 25.2 Å². The first-order valence-electron chi connectivity index (χ1n) is 7.15. The number of nitrogens with zero attached hydrogens (tertiary/aromatic N) is 1. The second kappa shape index (κ2) is 4.95. The molecule has 1 aliphatic rings. The van der Waals surface area contributed by atoms with Gasteiger partial charge in [0.1, 0.15) is 11.6 Å². The molecule has 1 aromatic heterocycles. The van der Waals surface area contributed by atoms with Crippen LogP contribution in [0.4, 0.5) is 4.39 Å². The van der Waals surface area contributed by atoms with Crippen LogP contribution in [0.3, 0.4) is 0 Å². The molecule has 0 radical (unpaired) electrons. The first-order valence-corrected chi connectivity index (χ1v) is 7.94. The summed E-state index contributed by atoms with van der Waals surface area (Å²) in [5.74, 6) is 0.959. The summed E-state index contributed by atoms with van der Waals surface area (Å²) in [6, 6.07) is 11.8. The molecule has 2 aromatic carbocycles. The second-order valence-electron chi connectivity index (χ2n) is 5.55. The van der Waals surface area contributed by atoms with Gasteiger partial charge in [-0.05, 0) is 52.4 Å². The lowest BCUT2D eigenvalue weighted by atomic mass is 9.82. The van der Waals surface area contributed by atoms with Crippen molar-refractivity contribution in [1.29, 1.82) is 0 Å². The van der Waals surface area contributed by atoms with Gasteiger partial charge in [-0.1, -0.05) is 24.3 Å². The molecule has 1 unspecified atom stereocenters. The third kappa shape index (κ3) is 2.18. The molecule has 3 aromatic rings. The summed E-state index contributed by atoms with van der Waals surface area (Å²) in [5.41, 5.74) is 4.32. The average Bonchev–Trinajstić information content (AvgIpc) is 2.90. The Hall–Kier alpha value is -1.68. The van der Waals surface area contributed by atoms with Gasteiger partial charge < -0.3 is 4.98 Å². The molecule has 0 saturated heterocycles. The maximum absolute atomic E-state index is 13.6. The molecule has 1 aliphatic carbocycles. The summed E-state index contributed by atoms with van der Waals surface area (Å²) < 4.78 is 14.1. The van der Waals surface area contributed by atoms with Crippen LogP contribution in [-0.4, -0.2) is 9.97 Å². The number of benzene rings is 2. The largest absolute Gasteiger partial charge is 0.341 e. The van der Waals surface area contributed by atoms with Crippen LogP contribution in [0.1, 0.15) is 35.7 Å². The molecular formula is C17H14BrFN2. The van der Waals surface area contributed by atoms with Crippen LogP contribution >= 0.6 is 15.9 Å². The first kappa shape index (κ1) is 13.0. The van der Waals surface area contributed by atoms with Gasteiger partial charge in [-0.25, -0.2) is 9.37 Å². The molecule has 1 atom stereocenters. The zero-order chi connectivity index (χ0) is 14.4. The third-order valence-electron chi connectivity index (χ3n) is 4.24. The average molecular weight is 345 g/mol. The van der Waals surface area contributed by atoms with Crippen molar-refractivity contribution < 1.29 is 4.39 Å². The molecule has 0 fully saturated rings. The number of aryl methyl sites for hydroxylation is 1. The fourth-order valence-corrected chi connectivity index (χ4v) is 3.56. The Morgan fingerprint density at radius 2 is 2.10 bits per heavy atom. The summed E-state index contributed by atoms with van der Waals surface area (Å²) >= 11 is 3.22. The van der Waals surface area contributed by atoms with Crippen LogP contribution in [0.2, 0.25) is 0 Å². The summed E-state index contributed by atoms with van der Waals surface area (Å²) in [7, 11) is 0. The molecule has 21 heavy (non-hydrogen) atoms. The Morgan fingerprint density at radius 3 is 3.00 bits per heavy atom. The number of hydrogen-bond acceptors (Lipinski definition) is 1. The van der Waals surface area contributed by atoms with Gasteiger partial charge in [-0.2, -0.15) is 0 Å². The number of fused-ring (bicyclic) bond motifs is 2. The summed E-state index contributed by atoms with van der Waals surface area (Å²) in [6.45, 7) is 0. The van der Waals surface area contributed by atoms with Gasteiger partial charge in [0.15, 0.2) is 0 Å². The van der Waals surface area contributed by atoms with Crippen molar-refractivity contribution in [1.82, 2.24) is 9.97 Å². The van der Waals surface area contributed by atoms with Gasteiger partial charge in [0.25, 0.3) is 0 Å². The number of H-pyrrole nitrogens is 1. The highest BCUT2D eigenvalue weighted by Gasteiger charge is 2.24. The predicted molar refractivity (Wildman–Crippen MR) is 85.0 cm³/mol. The number of nitrogens with one attached hydrogen (secondary N) is 1. The summed E-state index contributed by atoms with van der Waals surface area (Å²) in [5, 5.41) is 0. The molecule has 4 rings (SSSR count). The zero-order valence-electron chi connectivity index (χ0n) is 11.4. The molecular weight excluding hydrogens is 331 g/mol. The molecule has 1 N–H and O–H groups in total. The van der Waals surface area contributed by atoms with Crippen molar-refractivity contribution in [3.63, 3.8) is 0 Å². The maximum Gasteiger partial charge on any atom is 0.139 e. The molecule has 0 spiro atoms. The van der Waals surface area contributed by atoms with Crippen molar-refractivity contribution in [2.75, 3.05) is 0 Å². The maximum atomic E-state index is 13.6. The van der Waals surface area contributed by atoms with Crippen LogP contribution < -0.4 is 0 Å². The van der Waals surface area contributed by atoms with Gasteiger partial charge in [0.05, 0.1) is 15.5 Å². The number of aromatic amines is 1. The van der Waals surface area contributed by atoms with E-state index >= 15 is 0 Å². The SMILES string of the molecule is Fc1cc2[nH]c(C3CCCc4ccccc43)nc2cc1Br. The van der Waals surface area contributed by atoms with Gasteiger partial charge >= 0.3 is 0 Å². The van der Waals surface area contributed by atoms with Gasteiger partial charge in [0.2, 0.25) is 0 Å². The number of halogens is 2. The molecule has 0 aliphatic heterocycles. The van der Waals surface area contributed by atoms with Crippen LogP contribution in [0, 0.1) is 5.82 Å². The lowest BCUT2D eigenvalue weighted by Gasteiger charge is -2.23. The monoisotopic (exact) mass is 344 g/mol. The van der Waals surface area contributed by atoms with Crippen molar-refractivity contribution in [2.24, 2.45) is 0 Å². The van der Waals surface area contributed by atoms with Crippen LogP contribution in [0.5, 0.6) is 0 Å². The fourth-order valence-electron chi connectivity index (χ4n) is 3.23. The number of hydrogen-bond donors (Lipinski definition) is 1.